The number of amides is 1. The summed E-state index contributed by atoms with van der Waals surface area (Å²) >= 11 is 0. The maximum atomic E-state index is 12.3. The van der Waals surface area contributed by atoms with Gasteiger partial charge in [0, 0.05) is 30.5 Å². The Labute approximate surface area is 163 Å². The zero-order valence-corrected chi connectivity index (χ0v) is 15.6. The molecule has 28 heavy (non-hydrogen) atoms. The number of aromatic nitrogens is 2. The van der Waals surface area contributed by atoms with Crippen LogP contribution < -0.4 is 15.5 Å². The average molecular weight is 377 g/mol. The highest BCUT2D eigenvalue weighted by molar-refractivity contribution is 5.92. The van der Waals surface area contributed by atoms with Gasteiger partial charge < -0.3 is 20.0 Å². The fraction of sp³-hybridized carbons (Fsp3) is 0.286. The van der Waals surface area contributed by atoms with Crippen LogP contribution in [-0.2, 0) is 6.54 Å². The molecule has 7 heteroatoms. The van der Waals surface area contributed by atoms with Crippen molar-refractivity contribution in [3.63, 3.8) is 0 Å². The second-order valence-electron chi connectivity index (χ2n) is 6.77. The lowest BCUT2D eigenvalue weighted by atomic mass is 10.1. The SMILES string of the molecule is O=C(NCc1ccco1)c1cc(Nc2ccc(N3CCCCC3)cc2)ncn1. The molecule has 0 unspecified atom stereocenters. The van der Waals surface area contributed by atoms with E-state index in [1.54, 1.807) is 24.5 Å². The van der Waals surface area contributed by atoms with Crippen molar-refractivity contribution in [2.45, 2.75) is 25.8 Å². The van der Waals surface area contributed by atoms with Gasteiger partial charge in [-0.05, 0) is 55.7 Å². The third kappa shape index (κ3) is 4.49. The van der Waals surface area contributed by atoms with Gasteiger partial charge in [-0.25, -0.2) is 9.97 Å². The van der Waals surface area contributed by atoms with Gasteiger partial charge in [-0.2, -0.15) is 0 Å². The van der Waals surface area contributed by atoms with Crippen molar-refractivity contribution in [2.75, 3.05) is 23.3 Å². The lowest BCUT2D eigenvalue weighted by Crippen LogP contribution is -2.29. The molecule has 1 fully saturated rings. The highest BCUT2D eigenvalue weighted by Gasteiger charge is 2.12. The number of piperidine rings is 1. The molecule has 0 radical (unpaired) electrons. The summed E-state index contributed by atoms with van der Waals surface area (Å²) < 4.78 is 5.21. The van der Waals surface area contributed by atoms with Gasteiger partial charge >= 0.3 is 0 Å². The zero-order valence-electron chi connectivity index (χ0n) is 15.6. The molecule has 1 amide bonds. The highest BCUT2D eigenvalue weighted by Crippen LogP contribution is 2.23. The summed E-state index contributed by atoms with van der Waals surface area (Å²) in [6.07, 6.45) is 6.79. The number of hydrogen-bond donors (Lipinski definition) is 2. The minimum Gasteiger partial charge on any atom is -0.467 e. The fourth-order valence-corrected chi connectivity index (χ4v) is 3.28. The number of nitrogens with one attached hydrogen (secondary N) is 2. The Balaban J connectivity index is 1.38. The summed E-state index contributed by atoms with van der Waals surface area (Å²) in [6.45, 7) is 2.56. The van der Waals surface area contributed by atoms with Crippen molar-refractivity contribution in [1.82, 2.24) is 15.3 Å². The van der Waals surface area contributed by atoms with Crippen molar-refractivity contribution in [1.29, 1.82) is 0 Å². The van der Waals surface area contributed by atoms with E-state index in [4.69, 9.17) is 4.42 Å². The predicted molar refractivity (Wildman–Crippen MR) is 108 cm³/mol. The van der Waals surface area contributed by atoms with Crippen molar-refractivity contribution in [2.24, 2.45) is 0 Å². The highest BCUT2D eigenvalue weighted by atomic mass is 16.3. The van der Waals surface area contributed by atoms with Crippen molar-refractivity contribution >= 4 is 23.1 Å². The van der Waals surface area contributed by atoms with Gasteiger partial charge in [0.2, 0.25) is 0 Å². The molecule has 0 bridgehead atoms. The number of anilines is 3. The van der Waals surface area contributed by atoms with Crippen LogP contribution in [0.2, 0.25) is 0 Å². The molecule has 7 nitrogen and oxygen atoms in total. The van der Waals surface area contributed by atoms with Gasteiger partial charge in [-0.3, -0.25) is 4.79 Å². The first-order valence-electron chi connectivity index (χ1n) is 9.52. The van der Waals surface area contributed by atoms with E-state index in [2.05, 4.69) is 37.6 Å². The van der Waals surface area contributed by atoms with Crippen LogP contribution in [0.1, 0.15) is 35.5 Å². The van der Waals surface area contributed by atoms with E-state index in [-0.39, 0.29) is 5.91 Å². The zero-order chi connectivity index (χ0) is 19.2. The summed E-state index contributed by atoms with van der Waals surface area (Å²) in [5, 5.41) is 6.01. The van der Waals surface area contributed by atoms with Crippen LogP contribution >= 0.6 is 0 Å². The summed E-state index contributed by atoms with van der Waals surface area (Å²) in [4.78, 5) is 23.0. The van der Waals surface area contributed by atoms with Gasteiger partial charge in [0.15, 0.2) is 0 Å². The van der Waals surface area contributed by atoms with Gasteiger partial charge in [0.1, 0.15) is 23.6 Å². The van der Waals surface area contributed by atoms with E-state index in [0.29, 0.717) is 23.8 Å². The van der Waals surface area contributed by atoms with E-state index in [1.165, 1.54) is 31.3 Å². The molecular formula is C21H23N5O2. The largest absolute Gasteiger partial charge is 0.467 e. The molecule has 0 aliphatic carbocycles. The molecular weight excluding hydrogens is 354 g/mol. The molecule has 0 saturated carbocycles. The van der Waals surface area contributed by atoms with Gasteiger partial charge in [-0.1, -0.05) is 0 Å². The molecule has 0 atom stereocenters. The molecule has 4 rings (SSSR count). The first-order valence-corrected chi connectivity index (χ1v) is 9.52. The van der Waals surface area contributed by atoms with Crippen LogP contribution in [0.25, 0.3) is 0 Å². The van der Waals surface area contributed by atoms with Crippen LogP contribution in [0.4, 0.5) is 17.2 Å². The molecule has 2 aromatic heterocycles. The first-order chi connectivity index (χ1) is 13.8. The van der Waals surface area contributed by atoms with Crippen molar-refractivity contribution in [3.05, 3.63) is 66.5 Å². The lowest BCUT2D eigenvalue weighted by molar-refractivity contribution is 0.0943. The Morgan fingerprint density at radius 1 is 1.07 bits per heavy atom. The van der Waals surface area contributed by atoms with Gasteiger partial charge in [0.25, 0.3) is 5.91 Å². The standard InChI is InChI=1S/C21H23N5O2/c27-21(22-14-18-5-4-12-28-18)19-13-20(24-15-23-19)25-16-6-8-17(9-7-16)26-10-2-1-3-11-26/h4-9,12-13,15H,1-3,10-11,14H2,(H,22,27)(H,23,24,25). The third-order valence-corrected chi connectivity index (χ3v) is 4.76. The summed E-state index contributed by atoms with van der Waals surface area (Å²) in [6, 6.07) is 13.5. The molecule has 1 aromatic carbocycles. The molecule has 1 aliphatic heterocycles. The molecule has 0 spiro atoms. The molecule has 144 valence electrons. The maximum absolute atomic E-state index is 12.3. The van der Waals surface area contributed by atoms with Crippen molar-refractivity contribution in [3.8, 4) is 0 Å². The number of carbonyl (C=O) groups is 1. The van der Waals surface area contributed by atoms with Crippen LogP contribution in [0.15, 0.2) is 59.5 Å². The monoisotopic (exact) mass is 377 g/mol. The van der Waals surface area contributed by atoms with Crippen LogP contribution in [0.3, 0.4) is 0 Å². The molecule has 1 aliphatic rings. The van der Waals surface area contributed by atoms with E-state index in [9.17, 15) is 4.79 Å². The Kier molecular flexibility index (Phi) is 5.51. The van der Waals surface area contributed by atoms with E-state index in [0.717, 1.165) is 18.8 Å². The number of hydrogen-bond acceptors (Lipinski definition) is 6. The van der Waals surface area contributed by atoms with E-state index in [1.807, 2.05) is 12.1 Å². The normalized spacial score (nSPS) is 13.9. The molecule has 3 heterocycles. The number of carbonyl (C=O) groups excluding carboxylic acids is 1. The van der Waals surface area contributed by atoms with Gasteiger partial charge in [0.05, 0.1) is 12.8 Å². The molecule has 2 N–H and O–H groups in total. The number of benzene rings is 1. The predicted octanol–water partition coefficient (Wildman–Crippen LogP) is 3.73. The fourth-order valence-electron chi connectivity index (χ4n) is 3.28. The van der Waals surface area contributed by atoms with Crippen molar-refractivity contribution < 1.29 is 9.21 Å². The second-order valence-corrected chi connectivity index (χ2v) is 6.77. The molecule has 3 aromatic rings. The van der Waals surface area contributed by atoms with Gasteiger partial charge in [-0.15, -0.1) is 0 Å². The van der Waals surface area contributed by atoms with E-state index < -0.39 is 0 Å². The minimum atomic E-state index is -0.276. The Hall–Kier alpha value is -3.35. The summed E-state index contributed by atoms with van der Waals surface area (Å²) in [7, 11) is 0. The van der Waals surface area contributed by atoms with Crippen LogP contribution in [0, 0.1) is 0 Å². The number of nitrogens with zero attached hydrogens (tertiary/aromatic N) is 3. The maximum Gasteiger partial charge on any atom is 0.270 e. The molecule has 1 saturated heterocycles. The number of rotatable bonds is 6. The second kappa shape index (κ2) is 8.56. The summed E-state index contributed by atoms with van der Waals surface area (Å²) in [5.74, 6) is 0.987. The summed E-state index contributed by atoms with van der Waals surface area (Å²) in [5.41, 5.74) is 2.46. The van der Waals surface area contributed by atoms with E-state index >= 15 is 0 Å². The third-order valence-electron chi connectivity index (χ3n) is 4.76. The first kappa shape index (κ1) is 18.0. The minimum absolute atomic E-state index is 0.276. The smallest absolute Gasteiger partial charge is 0.270 e. The Morgan fingerprint density at radius 2 is 1.89 bits per heavy atom. The Morgan fingerprint density at radius 3 is 2.64 bits per heavy atom. The average Bonchev–Trinajstić information content (AvgIpc) is 3.27. The lowest BCUT2D eigenvalue weighted by Gasteiger charge is -2.28. The Bertz CT molecular complexity index is 903. The number of furan rings is 1. The quantitative estimate of drug-likeness (QED) is 0.681. The van der Waals surface area contributed by atoms with Crippen LogP contribution in [0.5, 0.6) is 0 Å². The topological polar surface area (TPSA) is 83.3 Å². The van der Waals surface area contributed by atoms with Crippen LogP contribution in [-0.4, -0.2) is 29.0 Å².